The van der Waals surface area contributed by atoms with Crippen LogP contribution in [0.3, 0.4) is 0 Å². The Kier molecular flexibility index (Phi) is 10.6. The van der Waals surface area contributed by atoms with E-state index in [1.807, 2.05) is 30.3 Å². The predicted octanol–water partition coefficient (Wildman–Crippen LogP) is 4.80. The van der Waals surface area contributed by atoms with Gasteiger partial charge in [-0.15, -0.1) is 0 Å². The Hall–Kier alpha value is -5.01. The van der Waals surface area contributed by atoms with Crippen LogP contribution < -0.4 is 20.9 Å². The van der Waals surface area contributed by atoms with Gasteiger partial charge in [0.15, 0.2) is 0 Å². The maximum absolute atomic E-state index is 13.9. The van der Waals surface area contributed by atoms with E-state index in [9.17, 15) is 23.9 Å². The zero-order valence-corrected chi connectivity index (χ0v) is 29.2. The number of fused-ring (bicyclic) bond motifs is 1. The van der Waals surface area contributed by atoms with Gasteiger partial charge in [0.05, 0.1) is 35.3 Å². The average Bonchev–Trinajstić information content (AvgIpc) is 3.90. The standard InChI is InChI=1S/C38H46FN7O5/c1-37(2,50)33(44-36(49)51-3)35(48)46-19-4-6-32(46)34-42-30-16-9-26(20-31(30)43-34)22-45(29-14-10-27(39)11-15-29)21-25-7-12-28(13-8-25)40-23-38(24-47)17-5-18-41-38/h7-16,20,24,32-33,40-41,50H,4-6,17-19,21-23H2,1-3H3,(H,42,43)(H,44,49). The number of aliphatic hydroxyl groups is 1. The summed E-state index contributed by atoms with van der Waals surface area (Å²) in [5.41, 5.74) is 3.39. The number of anilines is 2. The third-order valence-electron chi connectivity index (χ3n) is 9.82. The molecule has 2 fully saturated rings. The van der Waals surface area contributed by atoms with Crippen LogP contribution >= 0.6 is 0 Å². The van der Waals surface area contributed by atoms with Crippen LogP contribution in [0.25, 0.3) is 11.0 Å². The molecule has 6 rings (SSSR count). The zero-order chi connectivity index (χ0) is 36.2. The summed E-state index contributed by atoms with van der Waals surface area (Å²) in [5.74, 6) is -0.0850. The quantitative estimate of drug-likeness (QED) is 0.124. The van der Waals surface area contributed by atoms with Crippen LogP contribution in [0.2, 0.25) is 0 Å². The number of carbonyl (C=O) groups excluding carboxylic acids is 3. The first kappa shape index (κ1) is 35.8. The Bertz CT molecular complexity index is 1830. The Morgan fingerprint density at radius 2 is 1.84 bits per heavy atom. The number of carbonyl (C=O) groups is 3. The molecule has 0 saturated carbocycles. The molecule has 0 radical (unpaired) electrons. The van der Waals surface area contributed by atoms with Crippen molar-refractivity contribution in [1.29, 1.82) is 0 Å². The Labute approximate surface area is 296 Å². The lowest BCUT2D eigenvalue weighted by Gasteiger charge is -2.34. The van der Waals surface area contributed by atoms with Crippen LogP contribution in [0.1, 0.15) is 62.5 Å². The van der Waals surface area contributed by atoms with E-state index in [0.717, 1.165) is 65.6 Å². The molecule has 2 aliphatic rings. The van der Waals surface area contributed by atoms with E-state index in [0.29, 0.717) is 38.4 Å². The van der Waals surface area contributed by atoms with Crippen molar-refractivity contribution < 1.29 is 28.6 Å². The number of imidazole rings is 1. The molecule has 3 unspecified atom stereocenters. The van der Waals surface area contributed by atoms with E-state index < -0.39 is 29.2 Å². The van der Waals surface area contributed by atoms with Gasteiger partial charge in [-0.25, -0.2) is 14.2 Å². The number of alkyl carbamates (subject to hydrolysis) is 1. The topological polar surface area (TPSA) is 152 Å². The van der Waals surface area contributed by atoms with Crippen molar-refractivity contribution in [1.82, 2.24) is 25.5 Å². The number of nitrogens with zero attached hydrogens (tertiary/aromatic N) is 3. The number of nitrogens with one attached hydrogen (secondary N) is 4. The molecule has 3 aromatic carbocycles. The van der Waals surface area contributed by atoms with Gasteiger partial charge in [0.2, 0.25) is 5.91 Å². The van der Waals surface area contributed by atoms with E-state index in [4.69, 9.17) is 9.72 Å². The normalized spacial score (nSPS) is 19.5. The molecule has 1 aromatic heterocycles. The van der Waals surface area contributed by atoms with Crippen molar-refractivity contribution in [2.45, 2.75) is 75.8 Å². The first-order valence-electron chi connectivity index (χ1n) is 17.4. The van der Waals surface area contributed by atoms with Crippen LogP contribution in [-0.2, 0) is 27.4 Å². The first-order valence-corrected chi connectivity index (χ1v) is 17.4. The summed E-state index contributed by atoms with van der Waals surface area (Å²) in [4.78, 5) is 49.5. The Morgan fingerprint density at radius 1 is 1.12 bits per heavy atom. The van der Waals surface area contributed by atoms with Gasteiger partial charge in [-0.05, 0) is 106 Å². The number of halogens is 1. The highest BCUT2D eigenvalue weighted by atomic mass is 19.1. The summed E-state index contributed by atoms with van der Waals surface area (Å²) < 4.78 is 18.6. The van der Waals surface area contributed by atoms with Gasteiger partial charge in [0.1, 0.15) is 24.0 Å². The van der Waals surface area contributed by atoms with Gasteiger partial charge in [-0.3, -0.25) is 4.79 Å². The summed E-state index contributed by atoms with van der Waals surface area (Å²) >= 11 is 0. The molecule has 2 aliphatic heterocycles. The molecule has 0 bridgehead atoms. The molecule has 4 aromatic rings. The average molecular weight is 700 g/mol. The molecule has 0 aliphatic carbocycles. The van der Waals surface area contributed by atoms with Crippen LogP contribution in [0.4, 0.5) is 20.6 Å². The molecule has 270 valence electrons. The van der Waals surface area contributed by atoms with Crippen molar-refractivity contribution in [3.63, 3.8) is 0 Å². The smallest absolute Gasteiger partial charge is 0.407 e. The number of aldehydes is 1. The molecule has 2 saturated heterocycles. The second-order valence-electron chi connectivity index (χ2n) is 14.1. The number of amides is 2. The minimum atomic E-state index is -1.52. The number of H-pyrrole nitrogens is 1. The number of hydrogen-bond acceptors (Lipinski definition) is 9. The van der Waals surface area contributed by atoms with Crippen molar-refractivity contribution in [3.8, 4) is 0 Å². The van der Waals surface area contributed by atoms with E-state index in [1.54, 1.807) is 17.0 Å². The van der Waals surface area contributed by atoms with Gasteiger partial charge < -0.3 is 45.4 Å². The highest BCUT2D eigenvalue weighted by Gasteiger charge is 2.42. The molecule has 3 atom stereocenters. The fourth-order valence-corrected chi connectivity index (χ4v) is 6.97. The number of methoxy groups -OCH3 is 1. The molecule has 3 heterocycles. The second-order valence-corrected chi connectivity index (χ2v) is 14.1. The van der Waals surface area contributed by atoms with Crippen molar-refractivity contribution in [2.24, 2.45) is 0 Å². The van der Waals surface area contributed by atoms with Gasteiger partial charge >= 0.3 is 6.09 Å². The highest BCUT2D eigenvalue weighted by Crippen LogP contribution is 2.33. The molecule has 12 nitrogen and oxygen atoms in total. The number of rotatable bonds is 13. The lowest BCUT2D eigenvalue weighted by Crippen LogP contribution is -2.58. The maximum atomic E-state index is 13.9. The minimum Gasteiger partial charge on any atom is -0.453 e. The van der Waals surface area contributed by atoms with Gasteiger partial charge in [-0.1, -0.05) is 18.2 Å². The van der Waals surface area contributed by atoms with Gasteiger partial charge in [0, 0.05) is 37.6 Å². The summed E-state index contributed by atoms with van der Waals surface area (Å²) in [7, 11) is 1.21. The van der Waals surface area contributed by atoms with E-state index in [1.165, 1.54) is 33.1 Å². The number of benzene rings is 3. The first-order chi connectivity index (χ1) is 24.5. The SMILES string of the molecule is COC(=O)NC(C(=O)N1CCCC1c1nc2ccc(CN(Cc3ccc(NCC4(C=O)CCCN4)cc3)c3ccc(F)cc3)cc2[nH]1)C(C)(C)O. The minimum absolute atomic E-state index is 0.306. The fraction of sp³-hybridized carbons (Fsp3) is 0.421. The van der Waals surface area contributed by atoms with Crippen LogP contribution in [0, 0.1) is 5.82 Å². The monoisotopic (exact) mass is 699 g/mol. The molecule has 2 amide bonds. The Morgan fingerprint density at radius 3 is 2.51 bits per heavy atom. The molecule has 0 spiro atoms. The maximum Gasteiger partial charge on any atom is 0.407 e. The number of aromatic amines is 1. The molecule has 13 heteroatoms. The van der Waals surface area contributed by atoms with Crippen LogP contribution in [0.15, 0.2) is 66.7 Å². The predicted molar refractivity (Wildman–Crippen MR) is 193 cm³/mol. The molecule has 51 heavy (non-hydrogen) atoms. The molecular weight excluding hydrogens is 653 g/mol. The van der Waals surface area contributed by atoms with Gasteiger partial charge in [-0.2, -0.15) is 0 Å². The van der Waals surface area contributed by atoms with Crippen molar-refractivity contribution >= 4 is 40.7 Å². The van der Waals surface area contributed by atoms with Crippen LogP contribution in [-0.4, -0.2) is 82.2 Å². The summed E-state index contributed by atoms with van der Waals surface area (Å²) in [6.45, 7) is 5.88. The van der Waals surface area contributed by atoms with Crippen molar-refractivity contribution in [2.75, 3.05) is 37.0 Å². The molecular formula is C38H46FN7O5. The highest BCUT2D eigenvalue weighted by molar-refractivity contribution is 5.87. The third-order valence-corrected chi connectivity index (χ3v) is 9.82. The van der Waals surface area contributed by atoms with Crippen LogP contribution in [0.5, 0.6) is 0 Å². The molecule has 5 N–H and O–H groups in total. The lowest BCUT2D eigenvalue weighted by molar-refractivity contribution is -0.140. The van der Waals surface area contributed by atoms with Crippen molar-refractivity contribution in [3.05, 3.63) is 89.5 Å². The number of likely N-dealkylation sites (tertiary alicyclic amines) is 1. The summed E-state index contributed by atoms with van der Waals surface area (Å²) in [6.07, 6.45) is 3.43. The third kappa shape index (κ3) is 8.32. The summed E-state index contributed by atoms with van der Waals surface area (Å²) in [6, 6.07) is 19.0. The summed E-state index contributed by atoms with van der Waals surface area (Å²) in [5, 5.41) is 19.9. The number of hydrogen-bond donors (Lipinski definition) is 5. The van der Waals surface area contributed by atoms with Gasteiger partial charge in [0.25, 0.3) is 0 Å². The second kappa shape index (κ2) is 15.1. The lowest BCUT2D eigenvalue weighted by atomic mass is 9.97. The van der Waals surface area contributed by atoms with E-state index >= 15 is 0 Å². The largest absolute Gasteiger partial charge is 0.453 e. The van der Waals surface area contributed by atoms with E-state index in [-0.39, 0.29) is 11.9 Å². The Balaban J connectivity index is 1.18. The fourth-order valence-electron chi connectivity index (χ4n) is 6.97. The zero-order valence-electron chi connectivity index (χ0n) is 29.2. The number of aromatic nitrogens is 2. The number of ether oxygens (including phenoxy) is 1. The van der Waals surface area contributed by atoms with E-state index in [2.05, 4.69) is 38.0 Å².